The Morgan fingerprint density at radius 1 is 1.13 bits per heavy atom. The van der Waals surface area contributed by atoms with Gasteiger partial charge in [-0.15, -0.1) is 0 Å². The highest BCUT2D eigenvalue weighted by molar-refractivity contribution is 6.40. The SMILES string of the molecule is CCC(=NC(C)(C)C)C(=O)[C@@H]1[C@H](O)CC[C@@H]2CC[C@H]1N2C(=O)OCc1ccccc1. The fraction of sp³-hybridized carbons (Fsp3) is 0.625. The Morgan fingerprint density at radius 3 is 2.43 bits per heavy atom. The molecule has 1 amide bonds. The Balaban J connectivity index is 1.81. The summed E-state index contributed by atoms with van der Waals surface area (Å²) in [5.74, 6) is -0.781. The minimum Gasteiger partial charge on any atom is -0.445 e. The highest BCUT2D eigenvalue weighted by atomic mass is 16.6. The second-order valence-corrected chi connectivity index (χ2v) is 9.36. The third-order valence-corrected chi connectivity index (χ3v) is 5.98. The number of ether oxygens (including phenoxy) is 1. The van der Waals surface area contributed by atoms with Gasteiger partial charge in [-0.3, -0.25) is 9.79 Å². The molecule has 0 radical (unpaired) electrons. The average molecular weight is 415 g/mol. The lowest BCUT2D eigenvalue weighted by Gasteiger charge is -2.32. The van der Waals surface area contributed by atoms with Gasteiger partial charge in [0.25, 0.3) is 0 Å². The zero-order valence-electron chi connectivity index (χ0n) is 18.5. The first-order valence-electron chi connectivity index (χ1n) is 11.0. The van der Waals surface area contributed by atoms with E-state index in [1.807, 2.05) is 58.0 Å². The van der Waals surface area contributed by atoms with Gasteiger partial charge in [0.1, 0.15) is 6.61 Å². The van der Waals surface area contributed by atoms with Gasteiger partial charge in [-0.25, -0.2) is 4.79 Å². The number of amides is 1. The summed E-state index contributed by atoms with van der Waals surface area (Å²) < 4.78 is 5.60. The van der Waals surface area contributed by atoms with Gasteiger partial charge < -0.3 is 14.7 Å². The molecule has 6 heteroatoms. The lowest BCUT2D eigenvalue weighted by atomic mass is 9.82. The van der Waals surface area contributed by atoms with E-state index < -0.39 is 18.1 Å². The highest BCUT2D eigenvalue weighted by Gasteiger charge is 2.49. The summed E-state index contributed by atoms with van der Waals surface area (Å²) in [6.07, 6.45) is 2.06. The molecule has 0 spiro atoms. The Labute approximate surface area is 179 Å². The molecular weight excluding hydrogens is 380 g/mol. The molecule has 2 heterocycles. The molecule has 1 aromatic rings. The monoisotopic (exact) mass is 414 g/mol. The molecule has 164 valence electrons. The standard InChI is InChI=1S/C24H34N2O4/c1-5-18(25-24(2,3)4)22(28)21-19-13-11-17(12-14-20(21)27)26(19)23(29)30-15-16-9-7-6-8-10-16/h6-10,17,19-21,27H,5,11-15H2,1-4H3/t17-,19+,20+,21-/m0/s1. The zero-order chi connectivity index (χ0) is 21.9. The fourth-order valence-electron chi connectivity index (χ4n) is 4.68. The number of aliphatic imine (C=N–C) groups is 1. The first-order valence-corrected chi connectivity index (χ1v) is 11.0. The molecule has 6 nitrogen and oxygen atoms in total. The highest BCUT2D eigenvalue weighted by Crippen LogP contribution is 2.39. The summed E-state index contributed by atoms with van der Waals surface area (Å²) in [6.45, 7) is 7.98. The van der Waals surface area contributed by atoms with Gasteiger partial charge in [0.05, 0.1) is 23.3 Å². The van der Waals surface area contributed by atoms with Crippen molar-refractivity contribution in [2.45, 2.75) is 90.1 Å². The van der Waals surface area contributed by atoms with Crippen molar-refractivity contribution in [3.05, 3.63) is 35.9 Å². The second-order valence-electron chi connectivity index (χ2n) is 9.36. The molecule has 2 saturated heterocycles. The topological polar surface area (TPSA) is 79.2 Å². The van der Waals surface area contributed by atoms with E-state index in [4.69, 9.17) is 4.74 Å². The van der Waals surface area contributed by atoms with Gasteiger partial charge in [-0.1, -0.05) is 37.3 Å². The number of carbonyl (C=O) groups is 2. The van der Waals surface area contributed by atoms with Gasteiger partial charge in [0.2, 0.25) is 0 Å². The third-order valence-electron chi connectivity index (χ3n) is 5.98. The fourth-order valence-corrected chi connectivity index (χ4v) is 4.68. The molecule has 4 atom stereocenters. The number of hydrogen-bond acceptors (Lipinski definition) is 5. The van der Waals surface area contributed by atoms with Crippen molar-refractivity contribution in [1.82, 2.24) is 4.90 Å². The Bertz CT molecular complexity index is 784. The number of Topliss-reactive ketones (excluding diaryl/α,β-unsaturated/α-hetero) is 1. The summed E-state index contributed by atoms with van der Waals surface area (Å²) in [5, 5.41) is 10.8. The molecule has 2 bridgehead atoms. The zero-order valence-corrected chi connectivity index (χ0v) is 18.5. The number of nitrogens with zero attached hydrogens (tertiary/aromatic N) is 2. The lowest BCUT2D eigenvalue weighted by Crippen LogP contribution is -2.49. The average Bonchev–Trinajstić information content (AvgIpc) is 3.05. The summed E-state index contributed by atoms with van der Waals surface area (Å²) in [7, 11) is 0. The molecule has 3 rings (SSSR count). The number of carbonyl (C=O) groups excluding carboxylic acids is 2. The Kier molecular flexibility index (Phi) is 6.96. The number of aliphatic hydroxyl groups is 1. The Hall–Kier alpha value is -2.21. The van der Waals surface area contributed by atoms with Crippen molar-refractivity contribution in [3.8, 4) is 0 Å². The molecular formula is C24H34N2O4. The van der Waals surface area contributed by atoms with Crippen LogP contribution >= 0.6 is 0 Å². The first-order chi connectivity index (χ1) is 14.2. The number of hydrogen-bond donors (Lipinski definition) is 1. The Morgan fingerprint density at radius 2 is 1.80 bits per heavy atom. The number of aliphatic hydroxyl groups excluding tert-OH is 1. The quantitative estimate of drug-likeness (QED) is 0.734. The molecule has 2 aliphatic rings. The maximum Gasteiger partial charge on any atom is 0.410 e. The van der Waals surface area contributed by atoms with Crippen LogP contribution in [0, 0.1) is 5.92 Å². The first kappa shape index (κ1) is 22.5. The maximum absolute atomic E-state index is 13.4. The molecule has 0 aliphatic carbocycles. The van der Waals surface area contributed by atoms with Gasteiger partial charge in [-0.2, -0.15) is 0 Å². The molecule has 0 aromatic heterocycles. The van der Waals surface area contributed by atoms with E-state index in [0.717, 1.165) is 12.0 Å². The largest absolute Gasteiger partial charge is 0.445 e. The van der Waals surface area contributed by atoms with Crippen molar-refractivity contribution in [2.75, 3.05) is 0 Å². The van der Waals surface area contributed by atoms with Crippen molar-refractivity contribution in [3.63, 3.8) is 0 Å². The molecule has 30 heavy (non-hydrogen) atoms. The van der Waals surface area contributed by atoms with Crippen LogP contribution in [0.1, 0.15) is 65.4 Å². The van der Waals surface area contributed by atoms with Crippen molar-refractivity contribution in [1.29, 1.82) is 0 Å². The number of fused-ring (bicyclic) bond motifs is 2. The third kappa shape index (κ3) is 5.09. The van der Waals surface area contributed by atoms with E-state index in [1.165, 1.54) is 0 Å². The van der Waals surface area contributed by atoms with Crippen LogP contribution in [0.5, 0.6) is 0 Å². The minimum absolute atomic E-state index is 0.00959. The van der Waals surface area contributed by atoms with Gasteiger partial charge >= 0.3 is 6.09 Å². The molecule has 0 unspecified atom stereocenters. The van der Waals surface area contributed by atoms with Crippen LogP contribution in [0.4, 0.5) is 4.79 Å². The van der Waals surface area contributed by atoms with E-state index in [2.05, 4.69) is 4.99 Å². The van der Waals surface area contributed by atoms with E-state index in [1.54, 1.807) is 4.90 Å². The molecule has 2 aliphatic heterocycles. The van der Waals surface area contributed by atoms with E-state index >= 15 is 0 Å². The summed E-state index contributed by atoms with van der Waals surface area (Å²) >= 11 is 0. The predicted octanol–water partition coefficient (Wildman–Crippen LogP) is 4.15. The lowest BCUT2D eigenvalue weighted by molar-refractivity contribution is -0.122. The summed E-state index contributed by atoms with van der Waals surface area (Å²) in [5.41, 5.74) is 1.05. The number of ketones is 1. The second kappa shape index (κ2) is 9.29. The number of rotatable bonds is 5. The normalized spacial score (nSPS) is 27.0. The molecule has 1 aromatic carbocycles. The molecule has 2 fully saturated rings. The summed E-state index contributed by atoms with van der Waals surface area (Å²) in [6, 6.07) is 9.22. The van der Waals surface area contributed by atoms with Crippen molar-refractivity contribution in [2.24, 2.45) is 10.9 Å². The van der Waals surface area contributed by atoms with Crippen LogP contribution in [0.3, 0.4) is 0 Å². The maximum atomic E-state index is 13.4. The van der Waals surface area contributed by atoms with E-state index in [0.29, 0.717) is 31.4 Å². The molecule has 1 N–H and O–H groups in total. The van der Waals surface area contributed by atoms with Gasteiger partial charge in [0.15, 0.2) is 5.78 Å². The number of benzene rings is 1. The van der Waals surface area contributed by atoms with Crippen molar-refractivity contribution < 1.29 is 19.4 Å². The summed E-state index contributed by atoms with van der Waals surface area (Å²) in [4.78, 5) is 32.8. The van der Waals surface area contributed by atoms with Crippen LogP contribution in [0.2, 0.25) is 0 Å². The van der Waals surface area contributed by atoms with Crippen LogP contribution in [0.25, 0.3) is 0 Å². The molecule has 0 saturated carbocycles. The van der Waals surface area contributed by atoms with Crippen LogP contribution < -0.4 is 0 Å². The van der Waals surface area contributed by atoms with E-state index in [9.17, 15) is 14.7 Å². The van der Waals surface area contributed by atoms with Gasteiger partial charge in [0, 0.05) is 12.1 Å². The predicted molar refractivity (Wildman–Crippen MR) is 116 cm³/mol. The van der Waals surface area contributed by atoms with Crippen LogP contribution in [0.15, 0.2) is 35.3 Å². The van der Waals surface area contributed by atoms with E-state index in [-0.39, 0.29) is 30.0 Å². The van der Waals surface area contributed by atoms with Gasteiger partial charge in [-0.05, 0) is 58.4 Å². The minimum atomic E-state index is -0.769. The van der Waals surface area contributed by atoms with Crippen LogP contribution in [-0.4, -0.2) is 51.3 Å². The van der Waals surface area contributed by atoms with Crippen molar-refractivity contribution >= 4 is 17.6 Å². The smallest absolute Gasteiger partial charge is 0.410 e. The van der Waals surface area contributed by atoms with Crippen LogP contribution in [-0.2, 0) is 16.1 Å².